The van der Waals surface area contributed by atoms with Gasteiger partial charge in [-0.1, -0.05) is 11.6 Å². The van der Waals surface area contributed by atoms with Gasteiger partial charge in [0.1, 0.15) is 5.75 Å². The summed E-state index contributed by atoms with van der Waals surface area (Å²) in [7, 11) is 0. The minimum atomic E-state index is -0.214. The van der Waals surface area contributed by atoms with Crippen molar-refractivity contribution in [2.45, 2.75) is 6.42 Å². The first-order valence-corrected chi connectivity index (χ1v) is 6.57. The summed E-state index contributed by atoms with van der Waals surface area (Å²) in [6.07, 6.45) is 2.44. The zero-order valence-corrected chi connectivity index (χ0v) is 11.0. The molecule has 0 atom stereocenters. The van der Waals surface area contributed by atoms with Crippen molar-refractivity contribution in [3.63, 3.8) is 0 Å². The van der Waals surface area contributed by atoms with Gasteiger partial charge in [-0.2, -0.15) is 0 Å². The summed E-state index contributed by atoms with van der Waals surface area (Å²) in [6, 6.07) is 4.37. The number of rotatable bonds is 4. The number of nitrogens with zero attached hydrogens (tertiary/aromatic N) is 1. The third kappa shape index (κ3) is 3.21. The van der Waals surface area contributed by atoms with Crippen LogP contribution < -0.4 is 5.32 Å². The number of aromatic nitrogens is 1. The van der Waals surface area contributed by atoms with Crippen LogP contribution in [0.1, 0.15) is 15.4 Å². The lowest BCUT2D eigenvalue weighted by atomic mass is 10.2. The van der Waals surface area contributed by atoms with Crippen molar-refractivity contribution in [3.8, 4) is 5.75 Å². The van der Waals surface area contributed by atoms with Gasteiger partial charge in [-0.25, -0.2) is 4.98 Å². The van der Waals surface area contributed by atoms with E-state index < -0.39 is 0 Å². The van der Waals surface area contributed by atoms with Gasteiger partial charge in [0.15, 0.2) is 0 Å². The molecule has 0 aliphatic carbocycles. The highest BCUT2D eigenvalue weighted by Gasteiger charge is 2.08. The Labute approximate surface area is 113 Å². The summed E-state index contributed by atoms with van der Waals surface area (Å²) in [5.41, 5.74) is 0.428. The van der Waals surface area contributed by atoms with Crippen molar-refractivity contribution in [1.82, 2.24) is 10.3 Å². The number of benzene rings is 1. The lowest BCUT2D eigenvalue weighted by molar-refractivity contribution is 0.0954. The van der Waals surface area contributed by atoms with Crippen LogP contribution in [-0.4, -0.2) is 22.5 Å². The summed E-state index contributed by atoms with van der Waals surface area (Å²) < 4.78 is 0. The molecule has 2 aromatic rings. The Morgan fingerprint density at radius 1 is 1.50 bits per heavy atom. The molecule has 4 nitrogen and oxygen atoms in total. The molecule has 0 bridgehead atoms. The van der Waals surface area contributed by atoms with E-state index in [1.165, 1.54) is 18.2 Å². The molecule has 1 heterocycles. The Kier molecular flexibility index (Phi) is 4.17. The predicted octanol–water partition coefficient (Wildman–Crippen LogP) is 2.47. The fraction of sp³-hybridized carbons (Fsp3) is 0.167. The van der Waals surface area contributed by atoms with Crippen molar-refractivity contribution in [2.75, 3.05) is 6.54 Å². The van der Waals surface area contributed by atoms with Crippen LogP contribution in [0.3, 0.4) is 0 Å². The summed E-state index contributed by atoms with van der Waals surface area (Å²) in [5.74, 6) is -0.246. The number of carbonyl (C=O) groups is 1. The number of carbonyl (C=O) groups excluding carboxylic acids is 1. The van der Waals surface area contributed by atoms with E-state index in [0.29, 0.717) is 18.5 Å². The first-order valence-electron chi connectivity index (χ1n) is 5.32. The van der Waals surface area contributed by atoms with Gasteiger partial charge in [-0.15, -0.1) is 11.3 Å². The van der Waals surface area contributed by atoms with Gasteiger partial charge in [-0.3, -0.25) is 4.79 Å². The number of halogens is 1. The first-order chi connectivity index (χ1) is 8.66. The molecule has 0 saturated carbocycles. The van der Waals surface area contributed by atoms with E-state index in [-0.39, 0.29) is 16.7 Å². The van der Waals surface area contributed by atoms with Crippen LogP contribution in [0.4, 0.5) is 0 Å². The van der Waals surface area contributed by atoms with Crippen molar-refractivity contribution in [1.29, 1.82) is 0 Å². The molecule has 0 saturated heterocycles. The SMILES string of the molecule is O=C(NCCc1nccs1)c1ccc(O)c(Cl)c1. The highest BCUT2D eigenvalue weighted by atomic mass is 35.5. The molecule has 0 radical (unpaired) electrons. The molecule has 6 heteroatoms. The average molecular weight is 283 g/mol. The van der Waals surface area contributed by atoms with Crippen molar-refractivity contribution >= 4 is 28.8 Å². The highest BCUT2D eigenvalue weighted by molar-refractivity contribution is 7.09. The van der Waals surface area contributed by atoms with Gasteiger partial charge in [-0.05, 0) is 18.2 Å². The van der Waals surface area contributed by atoms with Crippen molar-refractivity contribution in [2.24, 2.45) is 0 Å². The van der Waals surface area contributed by atoms with Crippen molar-refractivity contribution < 1.29 is 9.90 Å². The van der Waals surface area contributed by atoms with Crippen LogP contribution in [0.25, 0.3) is 0 Å². The average Bonchev–Trinajstić information content (AvgIpc) is 2.85. The number of aromatic hydroxyl groups is 1. The van der Waals surface area contributed by atoms with Crippen LogP contribution in [-0.2, 0) is 6.42 Å². The van der Waals surface area contributed by atoms with E-state index in [2.05, 4.69) is 10.3 Å². The smallest absolute Gasteiger partial charge is 0.251 e. The van der Waals surface area contributed by atoms with Gasteiger partial charge in [0.25, 0.3) is 5.91 Å². The van der Waals surface area contributed by atoms with E-state index >= 15 is 0 Å². The van der Waals surface area contributed by atoms with Crippen LogP contribution in [0.15, 0.2) is 29.8 Å². The van der Waals surface area contributed by atoms with Crippen molar-refractivity contribution in [3.05, 3.63) is 45.4 Å². The molecule has 1 aromatic heterocycles. The lowest BCUT2D eigenvalue weighted by Gasteiger charge is -2.05. The molecule has 0 fully saturated rings. The van der Waals surface area contributed by atoms with Gasteiger partial charge < -0.3 is 10.4 Å². The second-order valence-corrected chi connectivity index (χ2v) is 4.98. The van der Waals surface area contributed by atoms with E-state index in [1.807, 2.05) is 5.38 Å². The number of thiazole rings is 1. The monoisotopic (exact) mass is 282 g/mol. The van der Waals surface area contributed by atoms with Crippen LogP contribution >= 0.6 is 22.9 Å². The molecule has 2 rings (SSSR count). The van der Waals surface area contributed by atoms with Gasteiger partial charge >= 0.3 is 0 Å². The third-order valence-electron chi connectivity index (χ3n) is 2.32. The maximum Gasteiger partial charge on any atom is 0.251 e. The third-order valence-corrected chi connectivity index (χ3v) is 3.46. The quantitative estimate of drug-likeness (QED) is 0.905. The number of amides is 1. The Morgan fingerprint density at radius 3 is 3.00 bits per heavy atom. The van der Waals surface area contributed by atoms with Gasteiger partial charge in [0.05, 0.1) is 10.0 Å². The standard InChI is InChI=1S/C12H11ClN2O2S/c13-9-7-8(1-2-10(9)16)12(17)15-4-3-11-14-5-6-18-11/h1-2,5-7,16H,3-4H2,(H,15,17). The summed E-state index contributed by atoms with van der Waals surface area (Å²) in [5, 5.41) is 15.1. The molecular formula is C12H11ClN2O2S. The van der Waals surface area contributed by atoms with Crippen LogP contribution in [0.2, 0.25) is 5.02 Å². The van der Waals surface area contributed by atoms with Crippen LogP contribution in [0, 0.1) is 0 Å². The summed E-state index contributed by atoms with van der Waals surface area (Å²) in [4.78, 5) is 15.9. The fourth-order valence-electron chi connectivity index (χ4n) is 1.41. The maximum atomic E-state index is 11.8. The van der Waals surface area contributed by atoms with Gasteiger partial charge in [0, 0.05) is 30.1 Å². The zero-order chi connectivity index (χ0) is 13.0. The molecule has 0 aliphatic rings. The minimum absolute atomic E-state index is 0.0315. The Morgan fingerprint density at radius 2 is 2.33 bits per heavy atom. The van der Waals surface area contributed by atoms with E-state index in [0.717, 1.165) is 5.01 Å². The summed E-state index contributed by atoms with van der Waals surface area (Å²) in [6.45, 7) is 0.519. The Balaban J connectivity index is 1.89. The highest BCUT2D eigenvalue weighted by Crippen LogP contribution is 2.23. The molecular weight excluding hydrogens is 272 g/mol. The normalized spacial score (nSPS) is 10.3. The van der Waals surface area contributed by atoms with Gasteiger partial charge in [0.2, 0.25) is 0 Å². The molecule has 1 amide bonds. The van der Waals surface area contributed by atoms with E-state index in [1.54, 1.807) is 17.5 Å². The Hall–Kier alpha value is -1.59. The molecule has 0 unspecified atom stereocenters. The van der Waals surface area contributed by atoms with E-state index in [4.69, 9.17) is 11.6 Å². The fourth-order valence-corrected chi connectivity index (χ4v) is 2.21. The zero-order valence-electron chi connectivity index (χ0n) is 9.39. The maximum absolute atomic E-state index is 11.8. The number of nitrogens with one attached hydrogen (secondary N) is 1. The van der Waals surface area contributed by atoms with E-state index in [9.17, 15) is 9.90 Å². The first kappa shape index (κ1) is 12.9. The molecule has 94 valence electrons. The molecule has 2 N–H and O–H groups in total. The Bertz CT molecular complexity index is 543. The predicted molar refractivity (Wildman–Crippen MR) is 71.3 cm³/mol. The molecule has 0 aliphatic heterocycles. The molecule has 18 heavy (non-hydrogen) atoms. The second-order valence-electron chi connectivity index (χ2n) is 3.60. The lowest BCUT2D eigenvalue weighted by Crippen LogP contribution is -2.25. The second kappa shape index (κ2) is 5.84. The number of phenols is 1. The number of hydrogen-bond donors (Lipinski definition) is 2. The van der Waals surface area contributed by atoms with Crippen LogP contribution in [0.5, 0.6) is 5.75 Å². The largest absolute Gasteiger partial charge is 0.506 e. The molecule has 0 spiro atoms. The topological polar surface area (TPSA) is 62.2 Å². The number of hydrogen-bond acceptors (Lipinski definition) is 4. The number of phenolic OH excluding ortho intramolecular Hbond substituents is 1. The molecule has 1 aromatic carbocycles. The minimum Gasteiger partial charge on any atom is -0.506 e. The summed E-state index contributed by atoms with van der Waals surface area (Å²) >= 11 is 7.29.